The van der Waals surface area contributed by atoms with Crippen LogP contribution in [0.25, 0.3) is 0 Å². The smallest absolute Gasteiger partial charge is 0.257 e. The number of carbonyl (C=O) groups excluding carboxylic acids is 2. The van der Waals surface area contributed by atoms with Crippen LogP contribution in [-0.2, 0) is 9.53 Å². The van der Waals surface area contributed by atoms with Gasteiger partial charge in [0, 0.05) is 33.3 Å². The lowest BCUT2D eigenvalue weighted by molar-refractivity contribution is -0.136. The number of aromatic nitrogens is 1. The first-order chi connectivity index (χ1) is 10.0. The average Bonchev–Trinajstić information content (AvgIpc) is 2.47. The molecule has 0 saturated carbocycles. The van der Waals surface area contributed by atoms with Gasteiger partial charge in [-0.25, -0.2) is 4.98 Å². The van der Waals surface area contributed by atoms with Crippen molar-refractivity contribution in [3.8, 4) is 0 Å². The zero-order chi connectivity index (χ0) is 15.4. The Kier molecular flexibility index (Phi) is 5.39. The van der Waals surface area contributed by atoms with Gasteiger partial charge in [-0.15, -0.1) is 0 Å². The molecule has 1 aromatic heterocycles. The third-order valence-electron chi connectivity index (χ3n) is 3.23. The minimum atomic E-state index is -0.206. The summed E-state index contributed by atoms with van der Waals surface area (Å²) in [4.78, 5) is 31.2. The predicted molar refractivity (Wildman–Crippen MR) is 78.6 cm³/mol. The summed E-state index contributed by atoms with van der Waals surface area (Å²) in [5, 5.41) is 0.330. The Morgan fingerprint density at radius 2 is 1.81 bits per heavy atom. The van der Waals surface area contributed by atoms with E-state index in [4.69, 9.17) is 27.9 Å². The molecule has 0 spiro atoms. The summed E-state index contributed by atoms with van der Waals surface area (Å²) in [6, 6.07) is 3.08. The van der Waals surface area contributed by atoms with Crippen molar-refractivity contribution in [1.82, 2.24) is 14.8 Å². The Morgan fingerprint density at radius 1 is 1.19 bits per heavy atom. The standard InChI is InChI=1S/C13H15Cl2N3O3/c1-21-8-11(19)17-4-6-18(7-5-17)13(20)9-2-3-10(14)16-12(9)15/h2-3H,4-8H2,1H3. The first-order valence-electron chi connectivity index (χ1n) is 6.41. The van der Waals surface area contributed by atoms with E-state index in [0.29, 0.717) is 31.7 Å². The van der Waals surface area contributed by atoms with E-state index in [1.807, 2.05) is 0 Å². The zero-order valence-electron chi connectivity index (χ0n) is 11.5. The molecule has 0 aromatic carbocycles. The number of hydrogen-bond acceptors (Lipinski definition) is 4. The van der Waals surface area contributed by atoms with E-state index in [-0.39, 0.29) is 28.7 Å². The molecule has 1 saturated heterocycles. The molecule has 114 valence electrons. The second-order valence-electron chi connectivity index (χ2n) is 4.58. The number of hydrogen-bond donors (Lipinski definition) is 0. The van der Waals surface area contributed by atoms with Gasteiger partial charge in [-0.3, -0.25) is 9.59 Å². The Labute approximate surface area is 132 Å². The number of piperazine rings is 1. The van der Waals surface area contributed by atoms with E-state index in [9.17, 15) is 9.59 Å². The van der Waals surface area contributed by atoms with Gasteiger partial charge in [0.2, 0.25) is 5.91 Å². The van der Waals surface area contributed by atoms with Crippen molar-refractivity contribution in [3.63, 3.8) is 0 Å². The highest BCUT2D eigenvalue weighted by Crippen LogP contribution is 2.19. The quantitative estimate of drug-likeness (QED) is 0.783. The van der Waals surface area contributed by atoms with Crippen molar-refractivity contribution in [2.75, 3.05) is 39.9 Å². The maximum Gasteiger partial charge on any atom is 0.257 e. The van der Waals surface area contributed by atoms with Crippen LogP contribution >= 0.6 is 23.2 Å². The number of rotatable bonds is 3. The summed E-state index contributed by atoms with van der Waals surface area (Å²) in [7, 11) is 1.48. The fraction of sp³-hybridized carbons (Fsp3) is 0.462. The average molecular weight is 332 g/mol. The molecule has 1 fully saturated rings. The number of halogens is 2. The Balaban J connectivity index is 1.98. The van der Waals surface area contributed by atoms with Crippen molar-refractivity contribution < 1.29 is 14.3 Å². The molecule has 2 amide bonds. The normalized spacial score (nSPS) is 15.2. The molecular weight excluding hydrogens is 317 g/mol. The van der Waals surface area contributed by atoms with Crippen LogP contribution in [0, 0.1) is 0 Å². The van der Waals surface area contributed by atoms with Crippen LogP contribution in [0.2, 0.25) is 10.3 Å². The SMILES string of the molecule is COCC(=O)N1CCN(C(=O)c2ccc(Cl)nc2Cl)CC1. The van der Waals surface area contributed by atoms with Gasteiger partial charge in [-0.2, -0.15) is 0 Å². The third-order valence-corrected chi connectivity index (χ3v) is 3.73. The largest absolute Gasteiger partial charge is 0.375 e. The highest BCUT2D eigenvalue weighted by atomic mass is 35.5. The lowest BCUT2D eigenvalue weighted by atomic mass is 10.2. The summed E-state index contributed by atoms with van der Waals surface area (Å²) in [5.41, 5.74) is 0.317. The molecule has 0 bridgehead atoms. The van der Waals surface area contributed by atoms with E-state index in [0.717, 1.165) is 0 Å². The van der Waals surface area contributed by atoms with Gasteiger partial charge in [-0.05, 0) is 12.1 Å². The van der Waals surface area contributed by atoms with Crippen molar-refractivity contribution in [2.45, 2.75) is 0 Å². The summed E-state index contributed by atoms with van der Waals surface area (Å²) >= 11 is 11.7. The van der Waals surface area contributed by atoms with Crippen LogP contribution in [0.5, 0.6) is 0 Å². The Hall–Kier alpha value is -1.37. The molecule has 0 N–H and O–H groups in total. The highest BCUT2D eigenvalue weighted by molar-refractivity contribution is 6.34. The van der Waals surface area contributed by atoms with Gasteiger partial charge in [0.05, 0.1) is 5.56 Å². The maximum atomic E-state index is 12.4. The molecule has 21 heavy (non-hydrogen) atoms. The lowest BCUT2D eigenvalue weighted by Gasteiger charge is -2.34. The molecule has 6 nitrogen and oxygen atoms in total. The molecule has 0 unspecified atom stereocenters. The van der Waals surface area contributed by atoms with Crippen molar-refractivity contribution in [2.24, 2.45) is 0 Å². The van der Waals surface area contributed by atoms with E-state index >= 15 is 0 Å². The molecule has 1 aromatic rings. The van der Waals surface area contributed by atoms with Gasteiger partial charge < -0.3 is 14.5 Å². The van der Waals surface area contributed by atoms with Gasteiger partial charge >= 0.3 is 0 Å². The van der Waals surface area contributed by atoms with E-state index in [1.165, 1.54) is 13.2 Å². The second-order valence-corrected chi connectivity index (χ2v) is 5.32. The number of methoxy groups -OCH3 is 1. The molecular formula is C13H15Cl2N3O3. The summed E-state index contributed by atoms with van der Waals surface area (Å²) in [5.74, 6) is -0.279. The number of pyridine rings is 1. The van der Waals surface area contributed by atoms with Crippen LogP contribution in [0.4, 0.5) is 0 Å². The predicted octanol–water partition coefficient (Wildman–Crippen LogP) is 1.32. The molecule has 1 aliphatic rings. The minimum Gasteiger partial charge on any atom is -0.375 e. The highest BCUT2D eigenvalue weighted by Gasteiger charge is 2.26. The molecule has 0 atom stereocenters. The molecule has 0 aliphatic carbocycles. The second kappa shape index (κ2) is 7.06. The zero-order valence-corrected chi connectivity index (χ0v) is 13.0. The molecule has 8 heteroatoms. The molecule has 0 radical (unpaired) electrons. The van der Waals surface area contributed by atoms with Gasteiger partial charge in [0.25, 0.3) is 5.91 Å². The topological polar surface area (TPSA) is 62.7 Å². The summed E-state index contributed by atoms with van der Waals surface area (Å²) < 4.78 is 4.82. The van der Waals surface area contributed by atoms with Crippen LogP contribution < -0.4 is 0 Å². The number of carbonyl (C=O) groups is 2. The van der Waals surface area contributed by atoms with E-state index < -0.39 is 0 Å². The van der Waals surface area contributed by atoms with E-state index in [1.54, 1.807) is 15.9 Å². The number of amides is 2. The Bertz CT molecular complexity index is 545. The van der Waals surface area contributed by atoms with Crippen molar-refractivity contribution in [3.05, 3.63) is 28.0 Å². The van der Waals surface area contributed by atoms with Gasteiger partial charge in [-0.1, -0.05) is 23.2 Å². The fourth-order valence-corrected chi connectivity index (χ4v) is 2.54. The molecule has 2 heterocycles. The van der Waals surface area contributed by atoms with Crippen molar-refractivity contribution in [1.29, 1.82) is 0 Å². The third kappa shape index (κ3) is 3.84. The first-order valence-corrected chi connectivity index (χ1v) is 7.16. The number of nitrogens with zero attached hydrogens (tertiary/aromatic N) is 3. The monoisotopic (exact) mass is 331 g/mol. The van der Waals surface area contributed by atoms with Gasteiger partial charge in [0.15, 0.2) is 0 Å². The maximum absolute atomic E-state index is 12.4. The summed E-state index contributed by atoms with van der Waals surface area (Å²) in [6.45, 7) is 1.92. The van der Waals surface area contributed by atoms with Crippen molar-refractivity contribution >= 4 is 35.0 Å². The lowest BCUT2D eigenvalue weighted by Crippen LogP contribution is -2.51. The van der Waals surface area contributed by atoms with Crippen LogP contribution in [0.1, 0.15) is 10.4 Å². The van der Waals surface area contributed by atoms with Crippen LogP contribution in [-0.4, -0.2) is 66.5 Å². The first kappa shape index (κ1) is 16.0. The minimum absolute atomic E-state index is 0.0564. The molecule has 2 rings (SSSR count). The number of ether oxygens (including phenoxy) is 1. The van der Waals surface area contributed by atoms with Gasteiger partial charge in [0.1, 0.15) is 16.9 Å². The fourth-order valence-electron chi connectivity index (χ4n) is 2.12. The van der Waals surface area contributed by atoms with Crippen LogP contribution in [0.3, 0.4) is 0 Å². The van der Waals surface area contributed by atoms with E-state index in [2.05, 4.69) is 4.98 Å². The van der Waals surface area contributed by atoms with Crippen LogP contribution in [0.15, 0.2) is 12.1 Å². The summed E-state index contributed by atoms with van der Waals surface area (Å²) in [6.07, 6.45) is 0. The molecule has 1 aliphatic heterocycles. The Morgan fingerprint density at radius 3 is 2.38 bits per heavy atom.